The number of nitrogens with zero attached hydrogens (tertiary/aromatic N) is 3. The third-order valence-electron chi connectivity index (χ3n) is 3.38. The number of carboxylic acids is 1. The second-order valence-electron chi connectivity index (χ2n) is 5.36. The van der Waals surface area contributed by atoms with Crippen LogP contribution in [0.4, 0.5) is 0 Å². The monoisotopic (exact) mass is 335 g/mol. The summed E-state index contributed by atoms with van der Waals surface area (Å²) in [5.74, 6) is 0.872. The molecule has 0 radical (unpaired) electrons. The van der Waals surface area contributed by atoms with Crippen molar-refractivity contribution in [1.29, 1.82) is 0 Å². The molecule has 0 unspecified atom stereocenters. The molecule has 124 valence electrons. The molecule has 2 rings (SSSR count). The number of thioether (sulfide) groups is 1. The summed E-state index contributed by atoms with van der Waals surface area (Å²) in [7, 11) is 1.85. The first kappa shape index (κ1) is 17.3. The predicted molar refractivity (Wildman–Crippen MR) is 89.1 cm³/mol. The van der Waals surface area contributed by atoms with Crippen molar-refractivity contribution in [3.8, 4) is 5.75 Å². The van der Waals surface area contributed by atoms with E-state index in [4.69, 9.17) is 9.84 Å². The summed E-state index contributed by atoms with van der Waals surface area (Å²) in [4.78, 5) is 10.6. The average molecular weight is 335 g/mol. The zero-order valence-corrected chi connectivity index (χ0v) is 14.4. The van der Waals surface area contributed by atoms with Gasteiger partial charge in [0.25, 0.3) is 0 Å². The molecule has 0 fully saturated rings. The molecule has 7 heteroatoms. The zero-order chi connectivity index (χ0) is 16.8. The Morgan fingerprint density at radius 3 is 2.83 bits per heavy atom. The first-order valence-corrected chi connectivity index (χ1v) is 8.39. The van der Waals surface area contributed by atoms with Crippen molar-refractivity contribution in [2.45, 2.75) is 31.8 Å². The largest absolute Gasteiger partial charge is 0.493 e. The van der Waals surface area contributed by atoms with Gasteiger partial charge in [0.1, 0.15) is 11.6 Å². The number of aromatic nitrogens is 3. The fourth-order valence-corrected chi connectivity index (χ4v) is 2.84. The van der Waals surface area contributed by atoms with Gasteiger partial charge in [-0.3, -0.25) is 4.79 Å². The predicted octanol–water partition coefficient (Wildman–Crippen LogP) is 2.62. The lowest BCUT2D eigenvalue weighted by Gasteiger charge is -2.09. The van der Waals surface area contributed by atoms with Crippen LogP contribution in [0.2, 0.25) is 0 Å². The van der Waals surface area contributed by atoms with Crippen LogP contribution < -0.4 is 4.74 Å². The van der Waals surface area contributed by atoms with Gasteiger partial charge in [-0.2, -0.15) is 0 Å². The minimum Gasteiger partial charge on any atom is -0.493 e. The Labute approximate surface area is 139 Å². The third kappa shape index (κ3) is 4.99. The number of hydrogen-bond acceptors (Lipinski definition) is 5. The summed E-state index contributed by atoms with van der Waals surface area (Å²) in [6, 6.07) is 6.13. The summed E-state index contributed by atoms with van der Waals surface area (Å²) in [5.41, 5.74) is 2.36. The number of aryl methyl sites for hydroxylation is 3. The van der Waals surface area contributed by atoms with Crippen LogP contribution >= 0.6 is 11.8 Å². The van der Waals surface area contributed by atoms with Crippen molar-refractivity contribution in [2.75, 3.05) is 12.4 Å². The van der Waals surface area contributed by atoms with E-state index < -0.39 is 5.97 Å². The van der Waals surface area contributed by atoms with Crippen molar-refractivity contribution < 1.29 is 14.6 Å². The SMILES string of the molecule is Cc1ccc(OCCCc2nnc(SCC(=O)O)n2C)c(C)c1. The molecule has 0 bridgehead atoms. The van der Waals surface area contributed by atoms with Gasteiger partial charge in [-0.25, -0.2) is 0 Å². The standard InChI is InChI=1S/C16H21N3O3S/c1-11-6-7-13(12(2)9-11)22-8-4-5-14-17-18-16(19(14)3)23-10-15(20)21/h6-7,9H,4-5,8,10H2,1-3H3,(H,20,21). The summed E-state index contributed by atoms with van der Waals surface area (Å²) in [5, 5.41) is 17.5. The highest BCUT2D eigenvalue weighted by Gasteiger charge is 2.10. The molecule has 0 aliphatic rings. The lowest BCUT2D eigenvalue weighted by atomic mass is 10.1. The molecule has 0 saturated heterocycles. The lowest BCUT2D eigenvalue weighted by molar-refractivity contribution is -0.133. The topological polar surface area (TPSA) is 77.2 Å². The number of aliphatic carboxylic acids is 1. The minimum atomic E-state index is -0.860. The molecule has 0 amide bonds. The Morgan fingerprint density at radius 2 is 2.13 bits per heavy atom. The Kier molecular flexibility index (Phi) is 6.04. The van der Waals surface area contributed by atoms with Crippen LogP contribution in [0.1, 0.15) is 23.4 Å². The zero-order valence-electron chi connectivity index (χ0n) is 13.6. The van der Waals surface area contributed by atoms with Crippen molar-refractivity contribution in [3.63, 3.8) is 0 Å². The second-order valence-corrected chi connectivity index (χ2v) is 6.30. The van der Waals surface area contributed by atoms with E-state index in [0.29, 0.717) is 11.8 Å². The molecule has 1 aromatic heterocycles. The van der Waals surface area contributed by atoms with E-state index in [1.165, 1.54) is 17.3 Å². The smallest absolute Gasteiger partial charge is 0.313 e. The first-order valence-electron chi connectivity index (χ1n) is 7.40. The van der Waals surface area contributed by atoms with Crippen LogP contribution in [-0.2, 0) is 18.3 Å². The maximum absolute atomic E-state index is 10.6. The number of carboxylic acid groups (broad SMARTS) is 1. The lowest BCUT2D eigenvalue weighted by Crippen LogP contribution is -2.05. The van der Waals surface area contributed by atoms with Crippen molar-refractivity contribution in [2.24, 2.45) is 7.05 Å². The van der Waals surface area contributed by atoms with E-state index >= 15 is 0 Å². The van der Waals surface area contributed by atoms with Crippen LogP contribution in [0.3, 0.4) is 0 Å². The molecule has 0 saturated carbocycles. The molecule has 1 heterocycles. The van der Waals surface area contributed by atoms with Gasteiger partial charge in [-0.15, -0.1) is 10.2 Å². The molecule has 23 heavy (non-hydrogen) atoms. The fraction of sp³-hybridized carbons (Fsp3) is 0.438. The molecule has 1 N–H and O–H groups in total. The van der Waals surface area contributed by atoms with Crippen LogP contribution in [-0.4, -0.2) is 38.2 Å². The molecular formula is C16H21N3O3S. The van der Waals surface area contributed by atoms with Crippen molar-refractivity contribution in [1.82, 2.24) is 14.8 Å². The molecule has 0 aliphatic heterocycles. The molecule has 0 atom stereocenters. The third-order valence-corrected chi connectivity index (χ3v) is 4.39. The summed E-state index contributed by atoms with van der Waals surface area (Å²) in [6.07, 6.45) is 1.56. The van der Waals surface area contributed by atoms with Gasteiger partial charge in [-0.1, -0.05) is 29.5 Å². The average Bonchev–Trinajstić information content (AvgIpc) is 2.84. The van der Waals surface area contributed by atoms with Gasteiger partial charge < -0.3 is 14.4 Å². The van der Waals surface area contributed by atoms with Crippen LogP contribution in [0.25, 0.3) is 0 Å². The highest BCUT2D eigenvalue weighted by molar-refractivity contribution is 7.99. The highest BCUT2D eigenvalue weighted by Crippen LogP contribution is 2.19. The first-order chi connectivity index (χ1) is 11.0. The number of carbonyl (C=O) groups is 1. The molecule has 1 aromatic carbocycles. The maximum atomic E-state index is 10.6. The van der Waals surface area contributed by atoms with E-state index in [1.54, 1.807) is 0 Å². The van der Waals surface area contributed by atoms with E-state index in [1.807, 2.05) is 30.7 Å². The Balaban J connectivity index is 1.81. The van der Waals surface area contributed by atoms with Gasteiger partial charge in [-0.05, 0) is 31.9 Å². The van der Waals surface area contributed by atoms with Crippen LogP contribution in [0, 0.1) is 13.8 Å². The number of hydrogen-bond donors (Lipinski definition) is 1. The van der Waals surface area contributed by atoms with E-state index in [0.717, 1.165) is 30.0 Å². The second kappa shape index (κ2) is 8.01. The number of rotatable bonds is 8. The normalized spacial score (nSPS) is 10.7. The van der Waals surface area contributed by atoms with Gasteiger partial charge in [0.15, 0.2) is 5.16 Å². The van der Waals surface area contributed by atoms with E-state index in [-0.39, 0.29) is 5.75 Å². The van der Waals surface area contributed by atoms with Gasteiger partial charge >= 0.3 is 5.97 Å². The highest BCUT2D eigenvalue weighted by atomic mass is 32.2. The van der Waals surface area contributed by atoms with Crippen LogP contribution in [0.15, 0.2) is 23.4 Å². The fourth-order valence-electron chi connectivity index (χ4n) is 2.19. The molecule has 6 nitrogen and oxygen atoms in total. The molecule has 0 aliphatic carbocycles. The summed E-state index contributed by atoms with van der Waals surface area (Å²) in [6.45, 7) is 4.70. The van der Waals surface area contributed by atoms with E-state index in [2.05, 4.69) is 23.2 Å². The van der Waals surface area contributed by atoms with Gasteiger partial charge in [0, 0.05) is 13.5 Å². The van der Waals surface area contributed by atoms with Crippen molar-refractivity contribution >= 4 is 17.7 Å². The number of benzene rings is 1. The quantitative estimate of drug-likeness (QED) is 0.590. The Bertz CT molecular complexity index is 685. The minimum absolute atomic E-state index is 0.0121. The van der Waals surface area contributed by atoms with Crippen molar-refractivity contribution in [3.05, 3.63) is 35.2 Å². The van der Waals surface area contributed by atoms with Gasteiger partial charge in [0.2, 0.25) is 0 Å². The number of ether oxygens (including phenoxy) is 1. The molecule has 2 aromatic rings. The summed E-state index contributed by atoms with van der Waals surface area (Å²) < 4.78 is 7.64. The van der Waals surface area contributed by atoms with Crippen LogP contribution in [0.5, 0.6) is 5.75 Å². The maximum Gasteiger partial charge on any atom is 0.313 e. The molecular weight excluding hydrogens is 314 g/mol. The van der Waals surface area contributed by atoms with Gasteiger partial charge in [0.05, 0.1) is 12.4 Å². The molecule has 0 spiro atoms. The summed E-state index contributed by atoms with van der Waals surface area (Å²) >= 11 is 1.17. The van der Waals surface area contributed by atoms with E-state index in [9.17, 15) is 4.79 Å². The Hall–Kier alpha value is -2.02. The Morgan fingerprint density at radius 1 is 1.35 bits per heavy atom.